The lowest BCUT2D eigenvalue weighted by atomic mass is 10.0. The van der Waals surface area contributed by atoms with Gasteiger partial charge in [-0.1, -0.05) is 5.57 Å². The minimum atomic E-state index is 0.0136. The number of piperidine rings is 1. The van der Waals surface area contributed by atoms with Crippen molar-refractivity contribution < 1.29 is 4.79 Å². The second-order valence-corrected chi connectivity index (χ2v) is 8.28. The number of nitrogens with one attached hydrogen (secondary N) is 1. The Morgan fingerprint density at radius 3 is 2.44 bits per heavy atom. The number of anilines is 2. The summed E-state index contributed by atoms with van der Waals surface area (Å²) >= 11 is 0. The molecule has 140 valence electrons. The van der Waals surface area contributed by atoms with Gasteiger partial charge in [-0.2, -0.15) is 0 Å². The lowest BCUT2D eigenvalue weighted by molar-refractivity contribution is -0.112. The molecule has 0 spiro atoms. The summed E-state index contributed by atoms with van der Waals surface area (Å²) in [5.41, 5.74) is 3.52. The van der Waals surface area contributed by atoms with Gasteiger partial charge in [0.15, 0.2) is 0 Å². The summed E-state index contributed by atoms with van der Waals surface area (Å²) in [5.74, 6) is 1.35. The van der Waals surface area contributed by atoms with Crippen molar-refractivity contribution in [1.29, 1.82) is 0 Å². The predicted octanol–water partition coefficient (Wildman–Crippen LogP) is 4.91. The first kappa shape index (κ1) is 16.8. The van der Waals surface area contributed by atoms with E-state index < -0.39 is 0 Å². The Kier molecular flexibility index (Phi) is 4.35. The van der Waals surface area contributed by atoms with Crippen molar-refractivity contribution in [2.24, 2.45) is 11.8 Å². The number of carbonyl (C=O) groups excluding carboxylic acids is 1. The van der Waals surface area contributed by atoms with Crippen LogP contribution in [0.15, 0.2) is 42.2 Å². The Balaban J connectivity index is 1.43. The van der Waals surface area contributed by atoms with E-state index in [0.717, 1.165) is 24.2 Å². The molecule has 0 radical (unpaired) electrons. The van der Waals surface area contributed by atoms with E-state index in [1.165, 1.54) is 61.6 Å². The number of hydrogen-bond acceptors (Lipinski definition) is 3. The molecule has 1 saturated heterocycles. The molecule has 2 saturated carbocycles. The van der Waals surface area contributed by atoms with Gasteiger partial charge in [0.2, 0.25) is 5.91 Å². The number of allylic oxidation sites excluding steroid dienone is 1. The smallest absolute Gasteiger partial charge is 0.248 e. The van der Waals surface area contributed by atoms with Crippen LogP contribution >= 0.6 is 0 Å². The van der Waals surface area contributed by atoms with Crippen LogP contribution < -0.4 is 10.2 Å². The van der Waals surface area contributed by atoms with Crippen LogP contribution in [0.25, 0.3) is 10.8 Å². The molecule has 1 aromatic heterocycles. The largest absolute Gasteiger partial charge is 0.371 e. The van der Waals surface area contributed by atoms with E-state index in [0.29, 0.717) is 11.8 Å². The van der Waals surface area contributed by atoms with Crippen molar-refractivity contribution in [3.8, 4) is 0 Å². The maximum atomic E-state index is 12.7. The van der Waals surface area contributed by atoms with Gasteiger partial charge in [-0.3, -0.25) is 9.78 Å². The molecule has 2 aromatic rings. The van der Waals surface area contributed by atoms with Crippen LogP contribution in [-0.2, 0) is 4.79 Å². The standard InChI is InChI=1S/C23H27N3O/c27-23(14-19(16-4-5-16)17-6-7-17)25-21-8-9-22(26-12-2-1-3-13-26)18-10-11-24-15-20(18)21/h8-11,14-17H,1-7,12-13H2,(H,25,27). The summed E-state index contributed by atoms with van der Waals surface area (Å²) in [5, 5.41) is 5.35. The van der Waals surface area contributed by atoms with E-state index in [-0.39, 0.29) is 5.91 Å². The molecule has 2 aliphatic carbocycles. The van der Waals surface area contributed by atoms with Gasteiger partial charge in [0.1, 0.15) is 0 Å². The Labute approximate surface area is 160 Å². The van der Waals surface area contributed by atoms with E-state index in [1.807, 2.05) is 24.5 Å². The van der Waals surface area contributed by atoms with Crippen LogP contribution in [0.1, 0.15) is 44.9 Å². The van der Waals surface area contributed by atoms with Crippen molar-refractivity contribution in [2.45, 2.75) is 44.9 Å². The fraction of sp³-hybridized carbons (Fsp3) is 0.478. The minimum absolute atomic E-state index is 0.0136. The summed E-state index contributed by atoms with van der Waals surface area (Å²) in [6, 6.07) is 6.29. The summed E-state index contributed by atoms with van der Waals surface area (Å²) < 4.78 is 0. The van der Waals surface area contributed by atoms with Crippen LogP contribution in [0.5, 0.6) is 0 Å². The number of hydrogen-bond donors (Lipinski definition) is 1. The third kappa shape index (κ3) is 3.58. The molecular weight excluding hydrogens is 334 g/mol. The van der Waals surface area contributed by atoms with Gasteiger partial charge in [0.05, 0.1) is 5.69 Å². The Bertz CT molecular complexity index is 876. The van der Waals surface area contributed by atoms with Crippen molar-refractivity contribution in [3.05, 3.63) is 42.2 Å². The average molecular weight is 361 g/mol. The number of benzene rings is 1. The molecular formula is C23H27N3O. The maximum Gasteiger partial charge on any atom is 0.248 e. The monoisotopic (exact) mass is 361 g/mol. The number of nitrogens with zero attached hydrogens (tertiary/aromatic N) is 2. The molecule has 3 fully saturated rings. The minimum Gasteiger partial charge on any atom is -0.371 e. The third-order valence-electron chi connectivity index (χ3n) is 6.14. The van der Waals surface area contributed by atoms with Gasteiger partial charge in [-0.25, -0.2) is 0 Å². The van der Waals surface area contributed by atoms with Crippen LogP contribution in [0.3, 0.4) is 0 Å². The molecule has 1 aromatic carbocycles. The zero-order valence-electron chi connectivity index (χ0n) is 15.8. The number of amides is 1. The van der Waals surface area contributed by atoms with Crippen LogP contribution in [0.4, 0.5) is 11.4 Å². The van der Waals surface area contributed by atoms with Crippen molar-refractivity contribution in [3.63, 3.8) is 0 Å². The normalized spacial score (nSPS) is 19.8. The fourth-order valence-electron chi connectivity index (χ4n) is 4.42. The molecule has 1 N–H and O–H groups in total. The summed E-state index contributed by atoms with van der Waals surface area (Å²) in [4.78, 5) is 19.5. The van der Waals surface area contributed by atoms with E-state index in [2.05, 4.69) is 27.3 Å². The second-order valence-electron chi connectivity index (χ2n) is 8.28. The zero-order chi connectivity index (χ0) is 18.2. The summed E-state index contributed by atoms with van der Waals surface area (Å²) in [7, 11) is 0. The topological polar surface area (TPSA) is 45.2 Å². The molecule has 1 aliphatic heterocycles. The molecule has 1 amide bonds. The quantitative estimate of drug-likeness (QED) is 0.770. The maximum absolute atomic E-state index is 12.7. The number of carbonyl (C=O) groups is 1. The lowest BCUT2D eigenvalue weighted by Gasteiger charge is -2.30. The average Bonchev–Trinajstić information content (AvgIpc) is 3.61. The Morgan fingerprint density at radius 2 is 1.74 bits per heavy atom. The summed E-state index contributed by atoms with van der Waals surface area (Å²) in [6.07, 6.45) is 14.5. The predicted molar refractivity (Wildman–Crippen MR) is 110 cm³/mol. The molecule has 0 unspecified atom stereocenters. The van der Waals surface area contributed by atoms with Gasteiger partial charge in [0, 0.05) is 48.0 Å². The van der Waals surface area contributed by atoms with Gasteiger partial charge < -0.3 is 10.2 Å². The molecule has 5 rings (SSSR count). The first-order chi connectivity index (χ1) is 13.3. The Hall–Kier alpha value is -2.36. The zero-order valence-corrected chi connectivity index (χ0v) is 15.8. The van der Waals surface area contributed by atoms with Crippen molar-refractivity contribution in [1.82, 2.24) is 4.98 Å². The highest BCUT2D eigenvalue weighted by Gasteiger charge is 2.36. The number of rotatable bonds is 5. The van der Waals surface area contributed by atoms with E-state index in [4.69, 9.17) is 0 Å². The van der Waals surface area contributed by atoms with Crippen LogP contribution in [0, 0.1) is 11.8 Å². The van der Waals surface area contributed by atoms with E-state index >= 15 is 0 Å². The molecule has 27 heavy (non-hydrogen) atoms. The first-order valence-electron chi connectivity index (χ1n) is 10.4. The van der Waals surface area contributed by atoms with Crippen molar-refractivity contribution in [2.75, 3.05) is 23.3 Å². The van der Waals surface area contributed by atoms with E-state index in [1.54, 1.807) is 0 Å². The lowest BCUT2D eigenvalue weighted by Crippen LogP contribution is -2.29. The highest BCUT2D eigenvalue weighted by molar-refractivity contribution is 6.09. The first-order valence-corrected chi connectivity index (χ1v) is 10.4. The molecule has 3 aliphatic rings. The van der Waals surface area contributed by atoms with Crippen LogP contribution in [-0.4, -0.2) is 24.0 Å². The highest BCUT2D eigenvalue weighted by Crippen LogP contribution is 2.48. The van der Waals surface area contributed by atoms with E-state index in [9.17, 15) is 4.79 Å². The van der Waals surface area contributed by atoms with Crippen LogP contribution in [0.2, 0.25) is 0 Å². The van der Waals surface area contributed by atoms with Gasteiger partial charge in [0.25, 0.3) is 0 Å². The van der Waals surface area contributed by atoms with Gasteiger partial charge >= 0.3 is 0 Å². The highest BCUT2D eigenvalue weighted by atomic mass is 16.1. The molecule has 4 heteroatoms. The molecule has 0 atom stereocenters. The number of pyridine rings is 1. The van der Waals surface area contributed by atoms with Gasteiger partial charge in [-0.05, 0) is 75.0 Å². The number of aromatic nitrogens is 1. The molecule has 2 heterocycles. The Morgan fingerprint density at radius 1 is 1.00 bits per heavy atom. The fourth-order valence-corrected chi connectivity index (χ4v) is 4.42. The third-order valence-corrected chi connectivity index (χ3v) is 6.14. The number of fused-ring (bicyclic) bond motifs is 1. The molecule has 0 bridgehead atoms. The SMILES string of the molecule is O=C(C=C(C1CC1)C1CC1)Nc1ccc(N2CCCCC2)c2ccncc12. The van der Waals surface area contributed by atoms with Gasteiger partial charge in [-0.15, -0.1) is 0 Å². The molecule has 4 nitrogen and oxygen atoms in total. The summed E-state index contributed by atoms with van der Waals surface area (Å²) in [6.45, 7) is 2.22. The second kappa shape index (κ2) is 6.99. The van der Waals surface area contributed by atoms with Crippen molar-refractivity contribution >= 4 is 28.1 Å².